The van der Waals surface area contributed by atoms with Crippen molar-refractivity contribution in [2.45, 2.75) is 18.3 Å². The highest BCUT2D eigenvalue weighted by Crippen LogP contribution is 2.01. The molecule has 0 aliphatic heterocycles. The van der Waals surface area contributed by atoms with Crippen molar-refractivity contribution >= 4 is 5.97 Å². The first-order valence-corrected chi connectivity index (χ1v) is 3.27. The summed E-state index contributed by atoms with van der Waals surface area (Å²) < 4.78 is 4.09. The number of hydrogen-bond donors (Lipinski definition) is 4. The Labute approximate surface area is 69.0 Å². The monoisotopic (exact) mass is 180 g/mol. The maximum atomic E-state index is 10.5. The van der Waals surface area contributed by atoms with Crippen LogP contribution in [0, 0.1) is 0 Å². The third-order valence-electron chi connectivity index (χ3n) is 1.35. The molecule has 0 spiro atoms. The molecule has 0 fully saturated rings. The summed E-state index contributed by atoms with van der Waals surface area (Å²) in [6.45, 7) is -0.741. The van der Waals surface area contributed by atoms with E-state index in [0.717, 1.165) is 7.11 Å². The van der Waals surface area contributed by atoms with Gasteiger partial charge in [-0.3, -0.25) is 0 Å². The summed E-state index contributed by atoms with van der Waals surface area (Å²) in [4.78, 5) is 10.5. The maximum Gasteiger partial charge on any atom is 0.337 e. The number of aliphatic hydroxyl groups is 4. The normalized spacial score (nSPS) is 18.1. The van der Waals surface area contributed by atoms with E-state index in [9.17, 15) is 4.79 Å². The molecule has 0 saturated carbocycles. The summed E-state index contributed by atoms with van der Waals surface area (Å²) >= 11 is 0. The Hall–Kier alpha value is -0.690. The second-order valence-corrected chi connectivity index (χ2v) is 2.21. The minimum Gasteiger partial charge on any atom is -0.467 e. The molecule has 0 heterocycles. The Bertz CT molecular complexity index is 147. The molecule has 0 aromatic rings. The lowest BCUT2D eigenvalue weighted by Gasteiger charge is -2.19. The number of esters is 1. The van der Waals surface area contributed by atoms with Gasteiger partial charge in [-0.1, -0.05) is 0 Å². The van der Waals surface area contributed by atoms with Crippen LogP contribution < -0.4 is 0 Å². The molecule has 0 unspecified atom stereocenters. The molecular weight excluding hydrogens is 168 g/mol. The lowest BCUT2D eigenvalue weighted by atomic mass is 10.1. The fraction of sp³-hybridized carbons (Fsp3) is 0.833. The Morgan fingerprint density at radius 1 is 1.42 bits per heavy atom. The molecule has 0 amide bonds. The van der Waals surface area contributed by atoms with Gasteiger partial charge in [-0.15, -0.1) is 0 Å². The first kappa shape index (κ1) is 11.3. The highest BCUT2D eigenvalue weighted by Gasteiger charge is 2.30. The van der Waals surface area contributed by atoms with Crippen LogP contribution in [0.5, 0.6) is 0 Å². The zero-order chi connectivity index (χ0) is 9.72. The van der Waals surface area contributed by atoms with Crippen molar-refractivity contribution < 1.29 is 30.0 Å². The fourth-order valence-corrected chi connectivity index (χ4v) is 0.579. The van der Waals surface area contributed by atoms with Crippen molar-refractivity contribution in [2.75, 3.05) is 13.7 Å². The molecule has 0 aliphatic rings. The Balaban J connectivity index is 4.08. The van der Waals surface area contributed by atoms with E-state index in [0.29, 0.717) is 0 Å². The molecule has 0 aromatic carbocycles. The number of ether oxygens (including phenoxy) is 1. The van der Waals surface area contributed by atoms with Crippen LogP contribution in [0.15, 0.2) is 0 Å². The van der Waals surface area contributed by atoms with Gasteiger partial charge in [-0.2, -0.15) is 0 Å². The topological polar surface area (TPSA) is 107 Å². The summed E-state index contributed by atoms with van der Waals surface area (Å²) in [5.41, 5.74) is 0. The molecule has 0 rings (SSSR count). The highest BCUT2D eigenvalue weighted by atomic mass is 16.5. The molecule has 0 aliphatic carbocycles. The van der Waals surface area contributed by atoms with Crippen LogP contribution in [0.2, 0.25) is 0 Å². The van der Waals surface area contributed by atoms with Crippen molar-refractivity contribution in [3.8, 4) is 0 Å². The first-order valence-electron chi connectivity index (χ1n) is 3.27. The minimum atomic E-state index is -1.84. The van der Waals surface area contributed by atoms with Crippen LogP contribution in [0.3, 0.4) is 0 Å². The largest absolute Gasteiger partial charge is 0.467 e. The molecule has 0 saturated heterocycles. The van der Waals surface area contributed by atoms with Crippen LogP contribution in [0.4, 0.5) is 0 Å². The summed E-state index contributed by atoms with van der Waals surface area (Å²) in [6.07, 6.45) is -5.13. The van der Waals surface area contributed by atoms with Gasteiger partial charge < -0.3 is 25.2 Å². The molecule has 12 heavy (non-hydrogen) atoms. The standard InChI is InChI=1S/C6H12O6/c1-12-6(11)5(10)4(9)3(8)2-7/h3-5,7-10H,2H2,1H3/t3-,4-,5+/m1/s1. The summed E-state index contributed by atoms with van der Waals surface area (Å²) in [5, 5.41) is 34.9. The van der Waals surface area contributed by atoms with Crippen LogP contribution in [0.1, 0.15) is 0 Å². The number of hydrogen-bond acceptors (Lipinski definition) is 6. The molecule has 6 heteroatoms. The summed E-state index contributed by atoms with van der Waals surface area (Å²) in [7, 11) is 1.03. The molecule has 4 N–H and O–H groups in total. The van der Waals surface area contributed by atoms with E-state index in [-0.39, 0.29) is 0 Å². The molecule has 72 valence electrons. The van der Waals surface area contributed by atoms with Crippen LogP contribution >= 0.6 is 0 Å². The van der Waals surface area contributed by atoms with Crippen molar-refractivity contribution in [2.24, 2.45) is 0 Å². The van der Waals surface area contributed by atoms with E-state index in [2.05, 4.69) is 4.74 Å². The number of carbonyl (C=O) groups is 1. The van der Waals surface area contributed by atoms with Gasteiger partial charge in [0.15, 0.2) is 6.10 Å². The van der Waals surface area contributed by atoms with Crippen molar-refractivity contribution in [1.82, 2.24) is 0 Å². The van der Waals surface area contributed by atoms with Crippen LogP contribution in [-0.4, -0.2) is 58.4 Å². The molecule has 0 bridgehead atoms. The summed E-state index contributed by atoms with van der Waals surface area (Å²) in [5.74, 6) is -1.06. The zero-order valence-corrected chi connectivity index (χ0v) is 6.54. The van der Waals surface area contributed by atoms with Crippen molar-refractivity contribution in [3.05, 3.63) is 0 Å². The van der Waals surface area contributed by atoms with Gasteiger partial charge in [0.2, 0.25) is 0 Å². The fourth-order valence-electron chi connectivity index (χ4n) is 0.579. The van der Waals surface area contributed by atoms with E-state index in [4.69, 9.17) is 20.4 Å². The predicted molar refractivity (Wildman–Crippen MR) is 37.1 cm³/mol. The van der Waals surface area contributed by atoms with Crippen LogP contribution in [0.25, 0.3) is 0 Å². The van der Waals surface area contributed by atoms with Gasteiger partial charge in [0.1, 0.15) is 12.2 Å². The quantitative estimate of drug-likeness (QED) is 0.349. The predicted octanol–water partition coefficient (Wildman–Crippen LogP) is -2.77. The van der Waals surface area contributed by atoms with Gasteiger partial charge >= 0.3 is 5.97 Å². The second-order valence-electron chi connectivity index (χ2n) is 2.21. The lowest BCUT2D eigenvalue weighted by molar-refractivity contribution is -0.162. The zero-order valence-electron chi connectivity index (χ0n) is 6.54. The van der Waals surface area contributed by atoms with Gasteiger partial charge in [0.05, 0.1) is 13.7 Å². The van der Waals surface area contributed by atoms with E-state index < -0.39 is 30.9 Å². The van der Waals surface area contributed by atoms with Crippen molar-refractivity contribution in [3.63, 3.8) is 0 Å². The lowest BCUT2D eigenvalue weighted by Crippen LogP contribution is -2.44. The van der Waals surface area contributed by atoms with Gasteiger partial charge in [0.25, 0.3) is 0 Å². The number of rotatable bonds is 4. The van der Waals surface area contributed by atoms with Gasteiger partial charge in [0, 0.05) is 0 Å². The van der Waals surface area contributed by atoms with Crippen molar-refractivity contribution in [1.29, 1.82) is 0 Å². The molecule has 0 aromatic heterocycles. The van der Waals surface area contributed by atoms with E-state index in [1.54, 1.807) is 0 Å². The average Bonchev–Trinajstić information content (AvgIpc) is 2.12. The molecular formula is C6H12O6. The average molecular weight is 180 g/mol. The molecule has 3 atom stereocenters. The Morgan fingerprint density at radius 2 is 1.92 bits per heavy atom. The number of carbonyl (C=O) groups excluding carboxylic acids is 1. The third-order valence-corrected chi connectivity index (χ3v) is 1.35. The SMILES string of the molecule is COC(=O)[C@@H](O)[C@H](O)[C@H](O)CO. The van der Waals surface area contributed by atoms with Crippen LogP contribution in [-0.2, 0) is 9.53 Å². The highest BCUT2D eigenvalue weighted by molar-refractivity contribution is 5.74. The molecule has 6 nitrogen and oxygen atoms in total. The minimum absolute atomic E-state index is 0.741. The van der Waals surface area contributed by atoms with E-state index >= 15 is 0 Å². The number of methoxy groups -OCH3 is 1. The van der Waals surface area contributed by atoms with E-state index in [1.807, 2.05) is 0 Å². The second kappa shape index (κ2) is 5.04. The van der Waals surface area contributed by atoms with E-state index in [1.165, 1.54) is 0 Å². The van der Waals surface area contributed by atoms with Gasteiger partial charge in [-0.25, -0.2) is 4.79 Å². The first-order chi connectivity index (χ1) is 5.54. The Kier molecular flexibility index (Phi) is 4.75. The van der Waals surface area contributed by atoms with Gasteiger partial charge in [-0.05, 0) is 0 Å². The maximum absolute atomic E-state index is 10.5. The third kappa shape index (κ3) is 2.74. The Morgan fingerprint density at radius 3 is 2.25 bits per heavy atom. The molecule has 0 radical (unpaired) electrons. The summed E-state index contributed by atoms with van der Waals surface area (Å²) in [6, 6.07) is 0. The smallest absolute Gasteiger partial charge is 0.337 e. The number of aliphatic hydroxyl groups excluding tert-OH is 4.